The van der Waals surface area contributed by atoms with Crippen molar-refractivity contribution >= 4 is 29.1 Å². The number of nitrogens with zero attached hydrogens (tertiary/aromatic N) is 1. The summed E-state index contributed by atoms with van der Waals surface area (Å²) in [5.41, 5.74) is 1.78. The summed E-state index contributed by atoms with van der Waals surface area (Å²) < 4.78 is 5.41. The Balaban J connectivity index is 1.57. The molecule has 2 fully saturated rings. The maximum atomic E-state index is 13.6. The second-order valence-corrected chi connectivity index (χ2v) is 8.52. The monoisotopic (exact) mass is 435 g/mol. The van der Waals surface area contributed by atoms with Crippen LogP contribution in [0.25, 0.3) is 0 Å². The average molecular weight is 436 g/mol. The summed E-state index contributed by atoms with van der Waals surface area (Å²) >= 11 is 0. The Bertz CT molecular complexity index is 1000. The fourth-order valence-corrected chi connectivity index (χ4v) is 5.01. The summed E-state index contributed by atoms with van der Waals surface area (Å²) in [4.78, 5) is 39.9. The van der Waals surface area contributed by atoms with Crippen LogP contribution in [0.1, 0.15) is 49.4 Å². The molecule has 3 unspecified atom stereocenters. The number of anilines is 2. The van der Waals surface area contributed by atoms with Crippen LogP contribution in [-0.4, -0.2) is 41.8 Å². The molecule has 2 aromatic rings. The summed E-state index contributed by atoms with van der Waals surface area (Å²) in [5, 5.41) is 5.67. The Morgan fingerprint density at radius 3 is 2.28 bits per heavy atom. The summed E-state index contributed by atoms with van der Waals surface area (Å²) in [6, 6.07) is 13.7. The van der Waals surface area contributed by atoms with Crippen molar-refractivity contribution in [1.29, 1.82) is 0 Å². The lowest BCUT2D eigenvalue weighted by molar-refractivity contribution is -0.120. The summed E-state index contributed by atoms with van der Waals surface area (Å²) in [5.74, 6) is 0.360. The van der Waals surface area contributed by atoms with E-state index in [1.807, 2.05) is 12.1 Å². The third-order valence-electron chi connectivity index (χ3n) is 6.44. The lowest BCUT2D eigenvalue weighted by atomic mass is 9.84. The van der Waals surface area contributed by atoms with Crippen molar-refractivity contribution in [1.82, 2.24) is 4.90 Å². The highest BCUT2D eigenvalue weighted by Crippen LogP contribution is 2.41. The third-order valence-corrected chi connectivity index (χ3v) is 6.44. The first-order chi connectivity index (χ1) is 15.5. The van der Waals surface area contributed by atoms with E-state index in [0.29, 0.717) is 35.0 Å². The van der Waals surface area contributed by atoms with Gasteiger partial charge < -0.3 is 20.3 Å². The van der Waals surface area contributed by atoms with E-state index in [0.717, 1.165) is 25.7 Å². The number of nitrogens with one attached hydrogen (secondary N) is 2. The number of methoxy groups -OCH3 is 1. The van der Waals surface area contributed by atoms with Gasteiger partial charge in [0.05, 0.1) is 12.7 Å². The molecule has 3 atom stereocenters. The molecule has 32 heavy (non-hydrogen) atoms. The molecular weight excluding hydrogens is 406 g/mol. The Morgan fingerprint density at radius 1 is 0.938 bits per heavy atom. The van der Waals surface area contributed by atoms with Gasteiger partial charge in [-0.25, -0.2) is 0 Å². The van der Waals surface area contributed by atoms with Gasteiger partial charge in [0.15, 0.2) is 0 Å². The van der Waals surface area contributed by atoms with Gasteiger partial charge in [0, 0.05) is 24.3 Å². The zero-order valence-electron chi connectivity index (χ0n) is 18.5. The number of amides is 3. The maximum absolute atomic E-state index is 13.6. The van der Waals surface area contributed by atoms with Crippen LogP contribution in [0.2, 0.25) is 0 Å². The van der Waals surface area contributed by atoms with Gasteiger partial charge in [0.1, 0.15) is 11.8 Å². The van der Waals surface area contributed by atoms with Crippen molar-refractivity contribution in [3.8, 4) is 5.75 Å². The van der Waals surface area contributed by atoms with E-state index in [-0.39, 0.29) is 23.8 Å². The van der Waals surface area contributed by atoms with Crippen LogP contribution in [0.4, 0.5) is 11.4 Å². The van der Waals surface area contributed by atoms with Crippen molar-refractivity contribution < 1.29 is 19.1 Å². The Labute approximate surface area is 188 Å². The van der Waals surface area contributed by atoms with Crippen LogP contribution < -0.4 is 15.4 Å². The van der Waals surface area contributed by atoms with Gasteiger partial charge in [-0.05, 0) is 61.6 Å². The molecule has 168 valence electrons. The highest BCUT2D eigenvalue weighted by atomic mass is 16.5. The fourth-order valence-electron chi connectivity index (χ4n) is 5.01. The molecule has 2 aromatic carbocycles. The Morgan fingerprint density at radius 2 is 1.59 bits per heavy atom. The minimum absolute atomic E-state index is 0.0686. The minimum atomic E-state index is -0.532. The number of hydrogen-bond acceptors (Lipinski definition) is 4. The zero-order chi connectivity index (χ0) is 22.7. The SMILES string of the molecule is COc1ccccc1C(=O)N1C(C(=O)Nc2ccc(NC(C)=O)cc2)CC2CCCCC21. The molecule has 3 amide bonds. The van der Waals surface area contributed by atoms with E-state index >= 15 is 0 Å². The number of fused-ring (bicyclic) bond motifs is 1. The van der Waals surface area contributed by atoms with E-state index in [4.69, 9.17) is 4.74 Å². The molecule has 2 aliphatic rings. The van der Waals surface area contributed by atoms with Crippen LogP contribution in [0.3, 0.4) is 0 Å². The molecule has 7 heteroatoms. The second-order valence-electron chi connectivity index (χ2n) is 8.52. The molecule has 1 saturated heterocycles. The predicted molar refractivity (Wildman–Crippen MR) is 123 cm³/mol. The van der Waals surface area contributed by atoms with Gasteiger partial charge in [-0.15, -0.1) is 0 Å². The quantitative estimate of drug-likeness (QED) is 0.741. The van der Waals surface area contributed by atoms with Crippen molar-refractivity contribution in [3.05, 3.63) is 54.1 Å². The van der Waals surface area contributed by atoms with Gasteiger partial charge in [-0.1, -0.05) is 25.0 Å². The number of rotatable bonds is 5. The average Bonchev–Trinajstić information content (AvgIpc) is 3.19. The number of para-hydroxylation sites is 1. The second kappa shape index (κ2) is 9.42. The molecule has 0 radical (unpaired) electrons. The Kier molecular flexibility index (Phi) is 6.44. The molecule has 7 nitrogen and oxygen atoms in total. The number of carbonyl (C=O) groups excluding carboxylic acids is 3. The number of ether oxygens (including phenoxy) is 1. The van der Waals surface area contributed by atoms with Gasteiger partial charge in [0.2, 0.25) is 11.8 Å². The molecule has 2 N–H and O–H groups in total. The third kappa shape index (κ3) is 4.47. The number of likely N-dealkylation sites (tertiary alicyclic amines) is 1. The highest BCUT2D eigenvalue weighted by Gasteiger charge is 2.47. The van der Waals surface area contributed by atoms with Crippen LogP contribution in [0.15, 0.2) is 48.5 Å². The lowest BCUT2D eigenvalue weighted by Crippen LogP contribution is -2.47. The molecule has 1 aliphatic heterocycles. The van der Waals surface area contributed by atoms with Crippen molar-refractivity contribution in [2.24, 2.45) is 5.92 Å². The number of carbonyl (C=O) groups is 3. The van der Waals surface area contributed by atoms with Crippen LogP contribution in [-0.2, 0) is 9.59 Å². The first-order valence-corrected chi connectivity index (χ1v) is 11.1. The topological polar surface area (TPSA) is 87.7 Å². The normalized spacial score (nSPS) is 22.1. The van der Waals surface area contributed by atoms with E-state index < -0.39 is 6.04 Å². The van der Waals surface area contributed by atoms with Gasteiger partial charge in [-0.3, -0.25) is 14.4 Å². The zero-order valence-corrected chi connectivity index (χ0v) is 18.5. The maximum Gasteiger partial charge on any atom is 0.258 e. The van der Waals surface area contributed by atoms with Crippen molar-refractivity contribution in [3.63, 3.8) is 0 Å². The van der Waals surface area contributed by atoms with E-state index in [9.17, 15) is 14.4 Å². The molecule has 4 rings (SSSR count). The molecular formula is C25H29N3O4. The fraction of sp³-hybridized carbons (Fsp3) is 0.400. The van der Waals surface area contributed by atoms with Crippen molar-refractivity contribution in [2.45, 2.75) is 51.1 Å². The van der Waals surface area contributed by atoms with Crippen LogP contribution >= 0.6 is 0 Å². The molecule has 0 aromatic heterocycles. The predicted octanol–water partition coefficient (Wildman–Crippen LogP) is 4.07. The Hall–Kier alpha value is -3.35. The largest absolute Gasteiger partial charge is 0.496 e. The van der Waals surface area contributed by atoms with E-state index in [1.54, 1.807) is 48.4 Å². The number of hydrogen-bond donors (Lipinski definition) is 2. The van der Waals surface area contributed by atoms with Crippen LogP contribution in [0, 0.1) is 5.92 Å². The molecule has 1 aliphatic carbocycles. The van der Waals surface area contributed by atoms with Gasteiger partial charge in [-0.2, -0.15) is 0 Å². The smallest absolute Gasteiger partial charge is 0.258 e. The van der Waals surface area contributed by atoms with E-state index in [1.165, 1.54) is 6.92 Å². The van der Waals surface area contributed by atoms with Crippen LogP contribution in [0.5, 0.6) is 5.75 Å². The standard InChI is InChI=1S/C25H29N3O4/c1-16(29)26-18-11-13-19(14-12-18)27-24(30)22-15-17-7-3-5-9-21(17)28(22)25(31)20-8-4-6-10-23(20)32-2/h4,6,8,10-14,17,21-22H,3,5,7,9,15H2,1-2H3,(H,26,29)(H,27,30). The molecule has 0 spiro atoms. The lowest BCUT2D eigenvalue weighted by Gasteiger charge is -2.34. The van der Waals surface area contributed by atoms with E-state index in [2.05, 4.69) is 10.6 Å². The number of benzene rings is 2. The van der Waals surface area contributed by atoms with Crippen molar-refractivity contribution in [2.75, 3.05) is 17.7 Å². The molecule has 0 bridgehead atoms. The minimum Gasteiger partial charge on any atom is -0.496 e. The first-order valence-electron chi connectivity index (χ1n) is 11.1. The van der Waals surface area contributed by atoms with Gasteiger partial charge >= 0.3 is 0 Å². The highest BCUT2D eigenvalue weighted by molar-refractivity contribution is 6.03. The first kappa shape index (κ1) is 21.9. The summed E-state index contributed by atoms with van der Waals surface area (Å²) in [6.07, 6.45) is 4.82. The summed E-state index contributed by atoms with van der Waals surface area (Å²) in [7, 11) is 1.55. The molecule has 1 heterocycles. The molecule has 1 saturated carbocycles. The summed E-state index contributed by atoms with van der Waals surface area (Å²) in [6.45, 7) is 1.45. The van der Waals surface area contributed by atoms with Gasteiger partial charge in [0.25, 0.3) is 5.91 Å².